The van der Waals surface area contributed by atoms with Crippen LogP contribution in [0.2, 0.25) is 20.1 Å². The fourth-order valence-corrected chi connectivity index (χ4v) is 1.34. The summed E-state index contributed by atoms with van der Waals surface area (Å²) in [7, 11) is 0. The van der Waals surface area contributed by atoms with Crippen LogP contribution >= 0.6 is 46.4 Å². The van der Waals surface area contributed by atoms with Crippen LogP contribution in [-0.4, -0.2) is 0 Å². The summed E-state index contributed by atoms with van der Waals surface area (Å²) < 4.78 is 0. The fourth-order valence-electron chi connectivity index (χ4n) is 0.551. The van der Waals surface area contributed by atoms with Crippen molar-refractivity contribution in [1.82, 2.24) is 0 Å². The number of benzene rings is 1. The molecule has 0 amide bonds. The molecular weight excluding hydrogens is 230 g/mol. The lowest BCUT2D eigenvalue weighted by Gasteiger charge is -2.12. The second kappa shape index (κ2) is 3.28. The zero-order chi connectivity index (χ0) is 8.59. The molecule has 0 heterocycles. The monoisotopic (exact) mass is 229 g/mol. The Labute approximate surface area is 83.4 Å². The van der Waals surface area contributed by atoms with Gasteiger partial charge in [0.1, 0.15) is 0 Å². The molecule has 0 fully saturated rings. The van der Waals surface area contributed by atoms with Crippen molar-refractivity contribution in [1.29, 1.82) is 0 Å². The van der Waals surface area contributed by atoms with Crippen LogP contribution in [-0.2, 0) is 0 Å². The van der Waals surface area contributed by atoms with Crippen molar-refractivity contribution < 1.29 is 5.11 Å². The number of rotatable bonds is 0. The predicted octanol–water partition coefficient (Wildman–Crippen LogP) is 3.37. The van der Waals surface area contributed by atoms with Crippen molar-refractivity contribution >= 4 is 46.4 Å². The molecule has 0 N–H and O–H groups in total. The van der Waals surface area contributed by atoms with Crippen LogP contribution in [0.1, 0.15) is 0 Å². The maximum absolute atomic E-state index is 11.0. The maximum Gasteiger partial charge on any atom is 0.0601 e. The van der Waals surface area contributed by atoms with Crippen molar-refractivity contribution in [2.75, 3.05) is 0 Å². The van der Waals surface area contributed by atoms with E-state index in [1.165, 1.54) is 6.07 Å². The Kier molecular flexibility index (Phi) is 2.76. The highest BCUT2D eigenvalue weighted by Gasteiger charge is 2.05. The molecule has 1 rings (SSSR count). The molecule has 0 bridgehead atoms. The van der Waals surface area contributed by atoms with E-state index in [0.717, 1.165) is 0 Å². The van der Waals surface area contributed by atoms with Crippen molar-refractivity contribution in [3.8, 4) is 5.75 Å². The van der Waals surface area contributed by atoms with E-state index in [-0.39, 0.29) is 20.1 Å². The summed E-state index contributed by atoms with van der Waals surface area (Å²) in [6.45, 7) is 0. The molecule has 11 heavy (non-hydrogen) atoms. The molecule has 0 saturated heterocycles. The van der Waals surface area contributed by atoms with Crippen LogP contribution < -0.4 is 5.11 Å². The SMILES string of the molecule is [O-]c1c(Cl)c(Cl)cc(Cl)c1Cl. The van der Waals surface area contributed by atoms with Crippen molar-refractivity contribution in [2.45, 2.75) is 0 Å². The molecule has 60 valence electrons. The van der Waals surface area contributed by atoms with E-state index < -0.39 is 5.75 Å². The summed E-state index contributed by atoms with van der Waals surface area (Å²) in [5.41, 5.74) is 0. The van der Waals surface area contributed by atoms with Gasteiger partial charge >= 0.3 is 0 Å². The van der Waals surface area contributed by atoms with Gasteiger partial charge in [0.25, 0.3) is 0 Å². The van der Waals surface area contributed by atoms with Crippen LogP contribution in [0.3, 0.4) is 0 Å². The molecule has 0 unspecified atom stereocenters. The molecule has 1 nitrogen and oxygen atoms in total. The zero-order valence-corrected chi connectivity index (χ0v) is 8.02. The Morgan fingerprint density at radius 2 is 1.27 bits per heavy atom. The highest BCUT2D eigenvalue weighted by molar-refractivity contribution is 6.48. The van der Waals surface area contributed by atoms with Gasteiger partial charge in [-0.3, -0.25) is 0 Å². The molecule has 1 aromatic carbocycles. The van der Waals surface area contributed by atoms with Crippen LogP contribution in [0.4, 0.5) is 0 Å². The smallest absolute Gasteiger partial charge is 0.0601 e. The van der Waals surface area contributed by atoms with E-state index in [4.69, 9.17) is 46.4 Å². The fraction of sp³-hybridized carbons (Fsp3) is 0. The Balaban J connectivity index is 3.46. The molecule has 1 aromatic rings. The molecule has 0 aromatic heterocycles. The number of halogens is 4. The largest absolute Gasteiger partial charge is 0.870 e. The summed E-state index contributed by atoms with van der Waals surface area (Å²) in [4.78, 5) is 0. The molecule has 0 aliphatic rings. The number of hydrogen-bond acceptors (Lipinski definition) is 1. The minimum atomic E-state index is -0.536. The zero-order valence-electron chi connectivity index (χ0n) is 5.00. The lowest BCUT2D eigenvalue weighted by atomic mass is 10.3. The first-order valence-electron chi connectivity index (χ1n) is 2.54. The van der Waals surface area contributed by atoms with E-state index in [0.29, 0.717) is 0 Å². The van der Waals surface area contributed by atoms with Crippen molar-refractivity contribution in [3.63, 3.8) is 0 Å². The summed E-state index contributed by atoms with van der Waals surface area (Å²) >= 11 is 22.0. The predicted molar refractivity (Wildman–Crippen MR) is 45.9 cm³/mol. The quantitative estimate of drug-likeness (QED) is 0.627. The van der Waals surface area contributed by atoms with E-state index >= 15 is 0 Å². The Hall–Kier alpha value is 0.180. The third-order valence-corrected chi connectivity index (χ3v) is 2.61. The van der Waals surface area contributed by atoms with Crippen LogP contribution in [0, 0.1) is 0 Å². The van der Waals surface area contributed by atoms with Gasteiger partial charge in [0.2, 0.25) is 0 Å². The van der Waals surface area contributed by atoms with Gasteiger partial charge in [-0.1, -0.05) is 52.2 Å². The van der Waals surface area contributed by atoms with E-state index in [9.17, 15) is 5.11 Å². The van der Waals surface area contributed by atoms with E-state index in [1.54, 1.807) is 0 Å². The lowest BCUT2D eigenvalue weighted by Crippen LogP contribution is -1.92. The van der Waals surface area contributed by atoms with Gasteiger partial charge in [0, 0.05) is 0 Å². The summed E-state index contributed by atoms with van der Waals surface area (Å²) in [6, 6.07) is 1.33. The number of hydrogen-bond donors (Lipinski definition) is 0. The second-order valence-electron chi connectivity index (χ2n) is 1.80. The second-order valence-corrected chi connectivity index (χ2v) is 3.37. The molecule has 0 atom stereocenters. The molecule has 0 saturated carbocycles. The summed E-state index contributed by atoms with van der Waals surface area (Å²) in [6.07, 6.45) is 0. The lowest BCUT2D eigenvalue weighted by molar-refractivity contribution is -0.267. The van der Waals surface area contributed by atoms with Crippen LogP contribution in [0.5, 0.6) is 5.75 Å². The summed E-state index contributed by atoms with van der Waals surface area (Å²) in [5.74, 6) is -0.536. The summed E-state index contributed by atoms with van der Waals surface area (Å²) in [5, 5.41) is 11.0. The van der Waals surface area contributed by atoms with Gasteiger partial charge in [-0.15, -0.1) is 0 Å². The third-order valence-electron chi connectivity index (χ3n) is 1.07. The molecular formula is C6HCl4O-. The standard InChI is InChI=1S/C6H2Cl4O/c7-2-1-3(8)5(10)6(11)4(2)9/h1,11H/p-1. The highest BCUT2D eigenvalue weighted by atomic mass is 35.5. The maximum atomic E-state index is 11.0. The molecule has 0 spiro atoms. The topological polar surface area (TPSA) is 23.1 Å². The molecule has 0 radical (unpaired) electrons. The van der Waals surface area contributed by atoms with Gasteiger partial charge in [0.15, 0.2) is 0 Å². The van der Waals surface area contributed by atoms with E-state index in [2.05, 4.69) is 0 Å². The Bertz CT molecular complexity index is 271. The average Bonchev–Trinajstić information content (AvgIpc) is 1.97. The Morgan fingerprint density at radius 3 is 1.64 bits per heavy atom. The van der Waals surface area contributed by atoms with Crippen molar-refractivity contribution in [3.05, 3.63) is 26.2 Å². The minimum absolute atomic E-state index is 0.0962. The first kappa shape index (κ1) is 9.27. The van der Waals surface area contributed by atoms with E-state index in [1.807, 2.05) is 0 Å². The average molecular weight is 231 g/mol. The molecule has 5 heteroatoms. The van der Waals surface area contributed by atoms with Gasteiger partial charge in [-0.05, 0) is 6.07 Å². The molecule has 0 aliphatic heterocycles. The highest BCUT2D eigenvalue weighted by Crippen LogP contribution is 2.39. The van der Waals surface area contributed by atoms with Crippen molar-refractivity contribution in [2.24, 2.45) is 0 Å². The minimum Gasteiger partial charge on any atom is -0.870 e. The van der Waals surface area contributed by atoms with Crippen LogP contribution in [0.25, 0.3) is 0 Å². The van der Waals surface area contributed by atoms with Crippen LogP contribution in [0.15, 0.2) is 6.07 Å². The van der Waals surface area contributed by atoms with Gasteiger partial charge in [-0.2, -0.15) is 0 Å². The first-order valence-corrected chi connectivity index (χ1v) is 4.05. The molecule has 0 aliphatic carbocycles. The third kappa shape index (κ3) is 1.67. The van der Waals surface area contributed by atoms with Gasteiger partial charge in [-0.25, -0.2) is 0 Å². The van der Waals surface area contributed by atoms with Gasteiger partial charge < -0.3 is 5.11 Å². The van der Waals surface area contributed by atoms with Gasteiger partial charge in [0.05, 0.1) is 20.1 Å². The Morgan fingerprint density at radius 1 is 0.909 bits per heavy atom. The normalized spacial score (nSPS) is 10.2. The first-order chi connectivity index (χ1) is 5.04.